The van der Waals surface area contributed by atoms with Crippen LogP contribution in [0, 0.1) is 0 Å². The number of guanidine groups is 1. The molecule has 0 aromatic heterocycles. The van der Waals surface area contributed by atoms with Gasteiger partial charge in [-0.2, -0.15) is 17.9 Å². The van der Waals surface area contributed by atoms with Crippen LogP contribution in [0.3, 0.4) is 0 Å². The zero-order valence-electron chi connectivity index (χ0n) is 30.7. The summed E-state index contributed by atoms with van der Waals surface area (Å²) in [6, 6.07) is 6.10. The first-order valence-corrected chi connectivity index (χ1v) is 17.6. The van der Waals surface area contributed by atoms with Gasteiger partial charge in [-0.15, -0.1) is 0 Å². The van der Waals surface area contributed by atoms with Gasteiger partial charge in [-0.3, -0.25) is 20.4 Å². The lowest BCUT2D eigenvalue weighted by molar-refractivity contribution is -0.157. The molecule has 0 heterocycles. The summed E-state index contributed by atoms with van der Waals surface area (Å²) >= 11 is 0. The molecule has 2 aromatic rings. The quantitative estimate of drug-likeness (QED) is 0.0552. The molecule has 2 amide bonds. The number of rotatable bonds is 11. The van der Waals surface area contributed by atoms with E-state index in [9.17, 15) is 36.0 Å². The lowest BCUT2D eigenvalue weighted by Gasteiger charge is -2.25. The summed E-state index contributed by atoms with van der Waals surface area (Å²) in [5.41, 5.74) is 2.94. The lowest BCUT2D eigenvalue weighted by Crippen LogP contribution is -2.47. The van der Waals surface area contributed by atoms with Crippen LogP contribution in [0.25, 0.3) is 0 Å². The number of ether oxygens (including phenoxy) is 4. The second-order valence-corrected chi connectivity index (χ2v) is 16.2. The third-order valence-corrected chi connectivity index (χ3v) is 7.51. The zero-order chi connectivity index (χ0) is 39.7. The molecule has 0 unspecified atom stereocenters. The first-order chi connectivity index (χ1) is 23.6. The van der Waals surface area contributed by atoms with Gasteiger partial charge in [0, 0.05) is 13.0 Å². The summed E-state index contributed by atoms with van der Waals surface area (Å²) in [7, 11) is -4.61. The van der Waals surface area contributed by atoms with Gasteiger partial charge in [0.05, 0.1) is 22.8 Å². The largest absolute Gasteiger partial charge is 0.491 e. The van der Waals surface area contributed by atoms with Crippen molar-refractivity contribution in [2.75, 3.05) is 18.9 Å². The number of halogens is 3. The number of aliphatic imine (C=N–C) groups is 1. The monoisotopic (exact) mass is 759 g/mol. The van der Waals surface area contributed by atoms with Gasteiger partial charge in [-0.1, -0.05) is 12.1 Å². The zero-order valence-corrected chi connectivity index (χ0v) is 31.5. The maximum atomic E-state index is 13.3. The number of carbonyl (C=O) groups is 3. The summed E-state index contributed by atoms with van der Waals surface area (Å²) in [4.78, 5) is 41.2. The standard InChI is InChI=1S/C34H48F3N5O9S/c1-31(2,3)49-27(43)25(42-52(46,47)23-13-10-12-22(20-23)34(35,36)37)19-21-14-15-26(24(38)18-21)48-17-11-16-39-28(40-29(44)50-32(4,5)6)41-30(45)51-33(7,8)9/h10,12-15,18,20,25,42H,11,16-17,19,38H2,1-9H3,(H2,39,40,41,44,45)/t25-/m0/s1. The van der Waals surface area contributed by atoms with Crippen molar-refractivity contribution in [1.82, 2.24) is 15.4 Å². The van der Waals surface area contributed by atoms with E-state index in [1.54, 1.807) is 62.3 Å². The molecule has 0 spiro atoms. The topological polar surface area (TPSA) is 197 Å². The van der Waals surface area contributed by atoms with E-state index < -0.39 is 67.7 Å². The van der Waals surface area contributed by atoms with E-state index in [1.165, 1.54) is 18.2 Å². The number of nitrogens with one attached hydrogen (secondary N) is 3. The molecule has 52 heavy (non-hydrogen) atoms. The fraction of sp³-hybridized carbons (Fsp3) is 0.529. The number of sulfonamides is 1. The van der Waals surface area contributed by atoms with E-state index in [1.807, 2.05) is 0 Å². The van der Waals surface area contributed by atoms with Crippen LogP contribution in [0.4, 0.5) is 28.4 Å². The Balaban J connectivity index is 2.16. The van der Waals surface area contributed by atoms with Gasteiger partial charge in [0.1, 0.15) is 28.6 Å². The Morgan fingerprint density at radius 3 is 1.88 bits per heavy atom. The Kier molecular flexibility index (Phi) is 14.5. The predicted molar refractivity (Wildman–Crippen MR) is 187 cm³/mol. The molecular weight excluding hydrogens is 711 g/mol. The van der Waals surface area contributed by atoms with Gasteiger partial charge >= 0.3 is 24.3 Å². The summed E-state index contributed by atoms with van der Waals surface area (Å²) < 4.78 is 89.8. The number of amides is 2. The van der Waals surface area contributed by atoms with E-state index in [0.717, 1.165) is 18.2 Å². The van der Waals surface area contributed by atoms with Crippen molar-refractivity contribution < 1.29 is 54.9 Å². The van der Waals surface area contributed by atoms with Crippen LogP contribution >= 0.6 is 0 Å². The van der Waals surface area contributed by atoms with Crippen LogP contribution in [-0.2, 0) is 41.6 Å². The number of anilines is 1. The minimum atomic E-state index is -4.79. The number of carbonyl (C=O) groups excluding carboxylic acids is 3. The highest BCUT2D eigenvalue weighted by Gasteiger charge is 2.34. The second kappa shape index (κ2) is 17.3. The van der Waals surface area contributed by atoms with E-state index in [0.29, 0.717) is 18.1 Å². The van der Waals surface area contributed by atoms with Gasteiger partial charge in [-0.25, -0.2) is 18.0 Å². The van der Waals surface area contributed by atoms with Crippen molar-refractivity contribution in [1.29, 1.82) is 0 Å². The minimum absolute atomic E-state index is 0.0858. The van der Waals surface area contributed by atoms with E-state index >= 15 is 0 Å². The number of esters is 1. The number of nitrogens with zero attached hydrogens (tertiary/aromatic N) is 1. The third kappa shape index (κ3) is 16.2. The third-order valence-electron chi connectivity index (χ3n) is 6.04. The van der Waals surface area contributed by atoms with E-state index in [2.05, 4.69) is 20.3 Å². The summed E-state index contributed by atoms with van der Waals surface area (Å²) in [6.45, 7) is 14.9. The molecule has 0 fully saturated rings. The van der Waals surface area contributed by atoms with Gasteiger partial charge in [0.2, 0.25) is 16.0 Å². The van der Waals surface area contributed by atoms with Crippen LogP contribution in [0.15, 0.2) is 52.4 Å². The van der Waals surface area contributed by atoms with Crippen molar-refractivity contribution in [3.05, 3.63) is 53.6 Å². The van der Waals surface area contributed by atoms with Crippen LogP contribution in [-0.4, -0.2) is 68.5 Å². The number of hydrogen-bond donors (Lipinski definition) is 4. The van der Waals surface area contributed by atoms with Gasteiger partial charge < -0.3 is 24.7 Å². The summed E-state index contributed by atoms with van der Waals surface area (Å²) in [5.74, 6) is -0.898. The molecule has 2 rings (SSSR count). The van der Waals surface area contributed by atoms with Crippen LogP contribution in [0.2, 0.25) is 0 Å². The summed E-state index contributed by atoms with van der Waals surface area (Å²) in [6.07, 6.45) is -6.43. The molecule has 18 heteroatoms. The first kappa shape index (κ1) is 43.6. The van der Waals surface area contributed by atoms with Crippen LogP contribution in [0.1, 0.15) is 79.9 Å². The molecule has 0 saturated carbocycles. The van der Waals surface area contributed by atoms with Crippen molar-refractivity contribution in [3.8, 4) is 5.75 Å². The Labute approximate surface area is 302 Å². The highest BCUT2D eigenvalue weighted by molar-refractivity contribution is 7.89. The predicted octanol–water partition coefficient (Wildman–Crippen LogP) is 5.69. The molecule has 5 N–H and O–H groups in total. The molecule has 0 aliphatic rings. The smallest absolute Gasteiger partial charge is 0.416 e. The summed E-state index contributed by atoms with van der Waals surface area (Å²) in [5, 5.41) is 4.75. The van der Waals surface area contributed by atoms with Crippen LogP contribution in [0.5, 0.6) is 5.75 Å². The normalized spacial score (nSPS) is 13.0. The molecule has 2 aromatic carbocycles. The fourth-order valence-corrected chi connectivity index (χ4v) is 5.31. The molecule has 0 aliphatic carbocycles. The van der Waals surface area contributed by atoms with Crippen molar-refractivity contribution in [3.63, 3.8) is 0 Å². The maximum absolute atomic E-state index is 13.3. The number of hydrogen-bond acceptors (Lipinski definition) is 11. The second-order valence-electron chi connectivity index (χ2n) is 14.5. The van der Waals surface area contributed by atoms with E-state index in [4.69, 9.17) is 24.7 Å². The minimum Gasteiger partial charge on any atom is -0.491 e. The molecule has 1 atom stereocenters. The number of nitrogens with two attached hydrogens (primary N) is 1. The highest BCUT2D eigenvalue weighted by atomic mass is 32.2. The fourth-order valence-electron chi connectivity index (χ4n) is 4.08. The average molecular weight is 760 g/mol. The number of alkyl halides is 3. The Morgan fingerprint density at radius 1 is 0.827 bits per heavy atom. The van der Waals surface area contributed by atoms with Crippen molar-refractivity contribution >= 4 is 39.8 Å². The Bertz CT molecular complexity index is 1680. The highest BCUT2D eigenvalue weighted by Crippen LogP contribution is 2.31. The molecule has 290 valence electrons. The Morgan fingerprint density at radius 2 is 1.38 bits per heavy atom. The van der Waals surface area contributed by atoms with Gasteiger partial charge in [0.25, 0.3) is 0 Å². The van der Waals surface area contributed by atoms with Crippen LogP contribution < -0.4 is 25.8 Å². The molecular formula is C34H48F3N5O9S. The number of nitrogen functional groups attached to an aromatic ring is 1. The average Bonchev–Trinajstić information content (AvgIpc) is 2.94. The van der Waals surface area contributed by atoms with Gasteiger partial charge in [-0.05, 0) is 105 Å². The van der Waals surface area contributed by atoms with E-state index in [-0.39, 0.29) is 37.0 Å². The first-order valence-electron chi connectivity index (χ1n) is 16.1. The molecule has 0 aliphatic heterocycles. The lowest BCUT2D eigenvalue weighted by atomic mass is 10.1. The van der Waals surface area contributed by atoms with Crippen molar-refractivity contribution in [2.45, 2.75) is 109 Å². The molecule has 0 radical (unpaired) electrons. The molecule has 14 nitrogen and oxygen atoms in total. The Hall–Kier alpha value is -4.58. The molecule has 0 bridgehead atoms. The molecule has 0 saturated heterocycles. The number of alkyl carbamates (subject to hydrolysis) is 2. The van der Waals surface area contributed by atoms with Gasteiger partial charge in [0.15, 0.2) is 0 Å². The SMILES string of the molecule is CC(C)(C)OC(=O)NC(=NCCCOc1ccc(C[C@H](NS(=O)(=O)c2cccc(C(F)(F)F)c2)C(=O)OC(C)(C)C)cc1N)NC(=O)OC(C)(C)C. The maximum Gasteiger partial charge on any atom is 0.416 e. The number of benzene rings is 2. The van der Waals surface area contributed by atoms with Crippen molar-refractivity contribution in [2.24, 2.45) is 4.99 Å².